The van der Waals surface area contributed by atoms with Crippen molar-refractivity contribution in [2.24, 2.45) is 0 Å². The molecule has 0 saturated heterocycles. The molecule has 4 nitrogen and oxygen atoms in total. The fourth-order valence-electron chi connectivity index (χ4n) is 2.50. The maximum absolute atomic E-state index is 11.0. The molecule has 0 aliphatic heterocycles. The number of nitro benzene ring substituents is 1. The number of nitro groups is 1. The maximum atomic E-state index is 11.0. The van der Waals surface area contributed by atoms with Crippen LogP contribution in [-0.4, -0.2) is 10.5 Å². The summed E-state index contributed by atoms with van der Waals surface area (Å²) in [6.07, 6.45) is 4.72. The van der Waals surface area contributed by atoms with Gasteiger partial charge in [0.1, 0.15) is 0 Å². The van der Waals surface area contributed by atoms with Gasteiger partial charge in [-0.25, -0.2) is 0 Å². The van der Waals surface area contributed by atoms with Gasteiger partial charge in [0.2, 0.25) is 0 Å². The zero-order valence-corrected chi connectivity index (χ0v) is 11.2. The molecule has 1 aromatic carbocycles. The Morgan fingerprint density at radius 1 is 1.44 bits per heavy atom. The average Bonchev–Trinajstić information content (AvgIpc) is 2.75. The van der Waals surface area contributed by atoms with E-state index in [1.54, 1.807) is 12.1 Å². The van der Waals surface area contributed by atoms with Gasteiger partial charge in [-0.05, 0) is 31.9 Å². The third-order valence-corrected chi connectivity index (χ3v) is 3.89. The minimum atomic E-state index is -0.375. The number of hydrogen-bond donors (Lipinski definition) is 1. The Balaban J connectivity index is 2.11. The third kappa shape index (κ3) is 3.00. The summed E-state index contributed by atoms with van der Waals surface area (Å²) in [5.74, 6) is 0. The van der Waals surface area contributed by atoms with E-state index in [1.165, 1.54) is 18.9 Å². The molecular formula is C13H17ClN2O2. The first-order chi connectivity index (χ1) is 8.50. The van der Waals surface area contributed by atoms with Gasteiger partial charge in [-0.1, -0.05) is 24.4 Å². The van der Waals surface area contributed by atoms with Gasteiger partial charge in [0.05, 0.1) is 4.92 Å². The number of rotatable bonds is 4. The minimum absolute atomic E-state index is 0.0941. The van der Waals surface area contributed by atoms with Gasteiger partial charge in [0.15, 0.2) is 0 Å². The molecule has 0 radical (unpaired) electrons. The molecule has 1 aliphatic carbocycles. The first-order valence-corrected chi connectivity index (χ1v) is 6.56. The Hall–Kier alpha value is -1.13. The normalized spacial score (nSPS) is 17.9. The van der Waals surface area contributed by atoms with Crippen molar-refractivity contribution in [3.8, 4) is 0 Å². The summed E-state index contributed by atoms with van der Waals surface area (Å²) in [5.41, 5.74) is 0.905. The summed E-state index contributed by atoms with van der Waals surface area (Å²) in [7, 11) is 0. The Morgan fingerprint density at radius 3 is 2.72 bits per heavy atom. The molecule has 0 aromatic heterocycles. The molecule has 1 aromatic rings. The highest BCUT2D eigenvalue weighted by molar-refractivity contribution is 6.30. The van der Waals surface area contributed by atoms with Crippen LogP contribution in [0.25, 0.3) is 0 Å². The van der Waals surface area contributed by atoms with Gasteiger partial charge in [-0.15, -0.1) is 0 Å². The Kier molecular flexibility index (Phi) is 3.88. The van der Waals surface area contributed by atoms with Crippen molar-refractivity contribution in [3.05, 3.63) is 38.9 Å². The number of halogens is 1. The molecule has 0 amide bonds. The number of nitrogens with one attached hydrogen (secondary N) is 1. The maximum Gasteiger partial charge on any atom is 0.275 e. The molecule has 0 spiro atoms. The van der Waals surface area contributed by atoms with Crippen molar-refractivity contribution in [2.75, 3.05) is 0 Å². The summed E-state index contributed by atoms with van der Waals surface area (Å²) in [6.45, 7) is 2.70. The monoisotopic (exact) mass is 268 g/mol. The lowest BCUT2D eigenvalue weighted by molar-refractivity contribution is -0.385. The summed E-state index contributed by atoms with van der Waals surface area (Å²) < 4.78 is 0. The van der Waals surface area contributed by atoms with Crippen molar-refractivity contribution in [1.29, 1.82) is 0 Å². The van der Waals surface area contributed by atoms with E-state index >= 15 is 0 Å². The van der Waals surface area contributed by atoms with Gasteiger partial charge in [-0.3, -0.25) is 10.1 Å². The zero-order chi connectivity index (χ0) is 13.2. The fourth-order valence-corrected chi connectivity index (χ4v) is 2.66. The van der Waals surface area contributed by atoms with E-state index in [9.17, 15) is 10.1 Å². The van der Waals surface area contributed by atoms with Crippen LogP contribution >= 0.6 is 11.6 Å². The van der Waals surface area contributed by atoms with Gasteiger partial charge >= 0.3 is 0 Å². The van der Waals surface area contributed by atoms with Crippen LogP contribution in [0.5, 0.6) is 0 Å². The third-order valence-electron chi connectivity index (χ3n) is 3.66. The van der Waals surface area contributed by atoms with Crippen molar-refractivity contribution in [2.45, 2.75) is 44.7 Å². The van der Waals surface area contributed by atoms with Crippen LogP contribution in [0.1, 0.15) is 38.2 Å². The summed E-state index contributed by atoms with van der Waals surface area (Å²) in [6, 6.07) is 4.84. The van der Waals surface area contributed by atoms with Gasteiger partial charge in [0, 0.05) is 28.7 Å². The quantitative estimate of drug-likeness (QED) is 0.670. The van der Waals surface area contributed by atoms with E-state index in [0.29, 0.717) is 17.1 Å². The predicted octanol–water partition coefficient (Wildman–Crippen LogP) is 3.67. The minimum Gasteiger partial charge on any atom is -0.307 e. The average molecular weight is 269 g/mol. The molecule has 5 heteroatoms. The van der Waals surface area contributed by atoms with Gasteiger partial charge in [0.25, 0.3) is 5.69 Å². The smallest absolute Gasteiger partial charge is 0.275 e. The molecular weight excluding hydrogens is 252 g/mol. The molecule has 18 heavy (non-hydrogen) atoms. The summed E-state index contributed by atoms with van der Waals surface area (Å²) >= 11 is 5.79. The predicted molar refractivity (Wildman–Crippen MR) is 71.8 cm³/mol. The molecule has 1 saturated carbocycles. The van der Waals surface area contributed by atoms with Crippen LogP contribution in [0.4, 0.5) is 5.69 Å². The Morgan fingerprint density at radius 2 is 2.11 bits per heavy atom. The Labute approximate surface area is 111 Å². The van der Waals surface area contributed by atoms with E-state index in [2.05, 4.69) is 12.2 Å². The van der Waals surface area contributed by atoms with E-state index in [0.717, 1.165) is 12.8 Å². The van der Waals surface area contributed by atoms with Crippen molar-refractivity contribution in [1.82, 2.24) is 5.32 Å². The van der Waals surface area contributed by atoms with E-state index in [4.69, 9.17) is 11.6 Å². The zero-order valence-electron chi connectivity index (χ0n) is 10.4. The largest absolute Gasteiger partial charge is 0.307 e. The second-order valence-electron chi connectivity index (χ2n) is 5.15. The Bertz CT molecular complexity index is 456. The van der Waals surface area contributed by atoms with Crippen molar-refractivity contribution >= 4 is 17.3 Å². The van der Waals surface area contributed by atoms with E-state index < -0.39 is 0 Å². The fraction of sp³-hybridized carbons (Fsp3) is 0.538. The number of nitrogens with zero attached hydrogens (tertiary/aromatic N) is 1. The lowest BCUT2D eigenvalue weighted by Gasteiger charge is -2.25. The highest BCUT2D eigenvalue weighted by Crippen LogP contribution is 2.30. The molecule has 2 rings (SSSR count). The highest BCUT2D eigenvalue weighted by Gasteiger charge is 2.28. The van der Waals surface area contributed by atoms with E-state index in [1.807, 2.05) is 0 Å². The molecule has 0 heterocycles. The number of hydrogen-bond acceptors (Lipinski definition) is 3. The first-order valence-electron chi connectivity index (χ1n) is 6.18. The van der Waals surface area contributed by atoms with Crippen LogP contribution in [0.3, 0.4) is 0 Å². The molecule has 1 N–H and O–H groups in total. The first kappa shape index (κ1) is 13.3. The molecule has 0 bridgehead atoms. The van der Waals surface area contributed by atoms with Gasteiger partial charge < -0.3 is 5.32 Å². The topological polar surface area (TPSA) is 55.2 Å². The van der Waals surface area contributed by atoms with Crippen LogP contribution < -0.4 is 5.32 Å². The lowest BCUT2D eigenvalue weighted by Crippen LogP contribution is -2.38. The van der Waals surface area contributed by atoms with Crippen LogP contribution in [0.2, 0.25) is 5.02 Å². The summed E-state index contributed by atoms with van der Waals surface area (Å²) in [4.78, 5) is 10.6. The summed E-state index contributed by atoms with van der Waals surface area (Å²) in [5, 5.41) is 14.8. The molecule has 98 valence electrons. The van der Waals surface area contributed by atoms with Crippen LogP contribution in [0, 0.1) is 10.1 Å². The molecule has 1 fully saturated rings. The van der Waals surface area contributed by atoms with Crippen LogP contribution in [-0.2, 0) is 6.54 Å². The van der Waals surface area contributed by atoms with Crippen LogP contribution in [0.15, 0.2) is 18.2 Å². The standard InChI is InChI=1S/C13H17ClN2O2/c1-13(6-2-3-7-13)15-9-10-4-5-11(14)8-12(10)16(17)18/h4-5,8,15H,2-3,6-7,9H2,1H3. The molecule has 0 atom stereocenters. The second kappa shape index (κ2) is 5.24. The van der Waals surface area contributed by atoms with Crippen molar-refractivity contribution < 1.29 is 4.92 Å². The number of benzene rings is 1. The second-order valence-corrected chi connectivity index (χ2v) is 5.59. The van der Waals surface area contributed by atoms with Gasteiger partial charge in [-0.2, -0.15) is 0 Å². The lowest BCUT2D eigenvalue weighted by atomic mass is 10.00. The SMILES string of the molecule is CC1(NCc2ccc(Cl)cc2[N+](=O)[O-])CCCC1. The highest BCUT2D eigenvalue weighted by atomic mass is 35.5. The molecule has 1 aliphatic rings. The van der Waals surface area contributed by atoms with Crippen molar-refractivity contribution in [3.63, 3.8) is 0 Å². The van der Waals surface area contributed by atoms with E-state index in [-0.39, 0.29) is 16.1 Å². The molecule has 0 unspecified atom stereocenters.